The van der Waals surface area contributed by atoms with Crippen LogP contribution >= 0.6 is 0 Å². The number of carbonyl (C=O) groups excluding carboxylic acids is 2. The number of aromatic nitrogens is 4. The predicted octanol–water partition coefficient (Wildman–Crippen LogP) is 2.57. The molecular weight excluding hydrogens is 508 g/mol. The molecule has 3 atom stereocenters. The Morgan fingerprint density at radius 3 is 2.77 bits per heavy atom. The number of fused-ring (bicyclic) bond motifs is 1. The molecule has 13 heteroatoms. The average molecular weight is 547 g/mol. The van der Waals surface area contributed by atoms with Crippen molar-refractivity contribution in [3.8, 4) is 0 Å². The minimum absolute atomic E-state index is 0.0152. The van der Waals surface area contributed by atoms with Gasteiger partial charge in [-0.05, 0) is 57.9 Å². The maximum Gasteiger partial charge on any atom is 0.408 e. The summed E-state index contributed by atoms with van der Waals surface area (Å²) in [5.41, 5.74) is 5.40. The number of aromatic amines is 1. The highest BCUT2D eigenvalue weighted by Crippen LogP contribution is 2.53. The fourth-order valence-corrected chi connectivity index (χ4v) is 4.36. The molecule has 2 fully saturated rings. The van der Waals surface area contributed by atoms with Crippen LogP contribution in [0.25, 0.3) is 17.4 Å². The normalized spacial score (nSPS) is 23.1. The van der Waals surface area contributed by atoms with Gasteiger partial charge in [0, 0.05) is 12.8 Å². The number of anilines is 1. The molecule has 2 aromatic heterocycles. The molecule has 0 radical (unpaired) electrons. The summed E-state index contributed by atoms with van der Waals surface area (Å²) in [6, 6.07) is -0.887. The molecular formula is C26H38N6O7. The van der Waals surface area contributed by atoms with Gasteiger partial charge in [-0.25, -0.2) is 14.6 Å². The van der Waals surface area contributed by atoms with E-state index in [0.717, 1.165) is 24.8 Å². The molecule has 2 aromatic rings. The van der Waals surface area contributed by atoms with Gasteiger partial charge < -0.3 is 30.0 Å². The second-order valence-corrected chi connectivity index (χ2v) is 11.5. The molecule has 1 saturated carbocycles. The zero-order chi connectivity index (χ0) is 28.4. The highest BCUT2D eigenvalue weighted by molar-refractivity contribution is 5.82. The number of esters is 1. The Hall–Kier alpha value is -3.45. The van der Waals surface area contributed by atoms with Gasteiger partial charge in [0.05, 0.1) is 12.0 Å². The van der Waals surface area contributed by atoms with Crippen LogP contribution in [0.5, 0.6) is 0 Å². The van der Waals surface area contributed by atoms with E-state index in [9.17, 15) is 14.4 Å². The Bertz CT molecular complexity index is 1290. The Kier molecular flexibility index (Phi) is 8.31. The van der Waals surface area contributed by atoms with Crippen molar-refractivity contribution < 1.29 is 28.5 Å². The molecule has 1 saturated heterocycles. The number of hydrogen-bond acceptors (Lipinski definition) is 10. The number of alkyl carbamates (subject to hydrolysis) is 1. The van der Waals surface area contributed by atoms with Crippen molar-refractivity contribution in [3.05, 3.63) is 22.3 Å². The van der Waals surface area contributed by atoms with E-state index in [1.54, 1.807) is 31.5 Å². The van der Waals surface area contributed by atoms with Gasteiger partial charge in [-0.15, -0.1) is 0 Å². The molecule has 2 aliphatic rings. The summed E-state index contributed by atoms with van der Waals surface area (Å²) in [5, 5.41) is 2.62. The van der Waals surface area contributed by atoms with Crippen LogP contribution in [0.2, 0.25) is 0 Å². The first-order valence-electron chi connectivity index (χ1n) is 13.2. The van der Waals surface area contributed by atoms with E-state index in [0.29, 0.717) is 18.7 Å². The third kappa shape index (κ3) is 7.15. The first-order valence-corrected chi connectivity index (χ1v) is 13.2. The van der Waals surface area contributed by atoms with Crippen molar-refractivity contribution in [2.24, 2.45) is 11.3 Å². The van der Waals surface area contributed by atoms with Crippen LogP contribution in [0, 0.1) is 11.3 Å². The van der Waals surface area contributed by atoms with Crippen LogP contribution in [0.3, 0.4) is 0 Å². The molecule has 39 heavy (non-hydrogen) atoms. The predicted molar refractivity (Wildman–Crippen MR) is 142 cm³/mol. The lowest BCUT2D eigenvalue weighted by atomic mass is 10.0. The van der Waals surface area contributed by atoms with E-state index in [1.165, 1.54) is 6.33 Å². The van der Waals surface area contributed by atoms with Crippen molar-refractivity contribution in [1.29, 1.82) is 0 Å². The third-order valence-electron chi connectivity index (χ3n) is 6.60. The van der Waals surface area contributed by atoms with Crippen molar-refractivity contribution in [2.45, 2.75) is 78.2 Å². The molecule has 4 N–H and O–H groups in total. The standard InChI is InChI=1S/C26H38N6O7/c1-15(2)18(29-24(35)39-25(3,4)5)22(34)38-13-26(12-37-17-8-6-7-9-36-17)10-16(26)11-32-14-28-19-20(32)30-23(27)31-21(19)33/h11,14-15,17-18H,6-10,12-13H2,1-5H3,(H,29,35)(H3,27,30,31,33)/b16-11-/t17-,18?,26+/m0/s1. The van der Waals surface area contributed by atoms with E-state index in [-0.39, 0.29) is 36.9 Å². The van der Waals surface area contributed by atoms with Gasteiger partial charge >= 0.3 is 12.1 Å². The number of nitrogens with two attached hydrogens (primary N) is 1. The summed E-state index contributed by atoms with van der Waals surface area (Å²) in [6.45, 7) is 9.83. The molecule has 0 bridgehead atoms. The smallest absolute Gasteiger partial charge is 0.408 e. The lowest BCUT2D eigenvalue weighted by Gasteiger charge is -2.27. The van der Waals surface area contributed by atoms with Crippen molar-refractivity contribution >= 4 is 35.4 Å². The number of ether oxygens (including phenoxy) is 4. The number of H-pyrrole nitrogens is 1. The van der Waals surface area contributed by atoms with Crippen molar-refractivity contribution in [2.75, 3.05) is 25.6 Å². The average Bonchev–Trinajstić information content (AvgIpc) is 3.38. The maximum absolute atomic E-state index is 13.1. The summed E-state index contributed by atoms with van der Waals surface area (Å²) >= 11 is 0. The van der Waals surface area contributed by atoms with Gasteiger partial charge in [-0.1, -0.05) is 13.8 Å². The third-order valence-corrected chi connectivity index (χ3v) is 6.60. The highest BCUT2D eigenvalue weighted by atomic mass is 16.7. The van der Waals surface area contributed by atoms with Crippen LogP contribution in [0.4, 0.5) is 10.7 Å². The van der Waals surface area contributed by atoms with Crippen LogP contribution in [-0.2, 0) is 23.7 Å². The van der Waals surface area contributed by atoms with Crippen molar-refractivity contribution in [1.82, 2.24) is 24.8 Å². The molecule has 0 aromatic carbocycles. The van der Waals surface area contributed by atoms with E-state index in [2.05, 4.69) is 20.3 Å². The number of nitrogen functional groups attached to an aromatic ring is 1. The minimum Gasteiger partial charge on any atom is -0.463 e. The van der Waals surface area contributed by atoms with Crippen LogP contribution in [0.1, 0.15) is 60.3 Å². The Balaban J connectivity index is 1.50. The number of amides is 1. The fraction of sp³-hybridized carbons (Fsp3) is 0.654. The van der Waals surface area contributed by atoms with Gasteiger partial charge in [-0.3, -0.25) is 14.3 Å². The number of rotatable bonds is 9. The Morgan fingerprint density at radius 1 is 1.33 bits per heavy atom. The molecule has 1 unspecified atom stereocenters. The number of hydrogen-bond donors (Lipinski definition) is 3. The first-order chi connectivity index (χ1) is 18.4. The van der Waals surface area contributed by atoms with Gasteiger partial charge in [0.15, 0.2) is 17.5 Å². The van der Waals surface area contributed by atoms with E-state index in [4.69, 9.17) is 24.7 Å². The highest BCUT2D eigenvalue weighted by Gasteiger charge is 2.51. The second kappa shape index (κ2) is 11.3. The molecule has 1 aliphatic heterocycles. The second-order valence-electron chi connectivity index (χ2n) is 11.5. The number of carbonyl (C=O) groups is 2. The maximum atomic E-state index is 13.1. The summed E-state index contributed by atoms with van der Waals surface area (Å²) in [6.07, 6.45) is 5.67. The van der Waals surface area contributed by atoms with Gasteiger partial charge in [0.25, 0.3) is 5.56 Å². The molecule has 4 rings (SSSR count). The molecule has 1 amide bonds. The summed E-state index contributed by atoms with van der Waals surface area (Å²) < 4.78 is 24.5. The summed E-state index contributed by atoms with van der Waals surface area (Å²) in [5.74, 6) is -0.808. The number of imidazole rings is 1. The lowest BCUT2D eigenvalue weighted by Crippen LogP contribution is -2.47. The SMILES string of the molecule is CC(C)C(NC(=O)OC(C)(C)C)C(=O)OC[C@]1(CO[C@H]2CCCCO2)C/C1=C/n1cnc2c(=O)[nH]c(N)nc21. The van der Waals surface area contributed by atoms with Crippen molar-refractivity contribution in [3.63, 3.8) is 0 Å². The van der Waals surface area contributed by atoms with Crippen LogP contribution in [0.15, 0.2) is 16.7 Å². The molecule has 13 nitrogen and oxygen atoms in total. The zero-order valence-electron chi connectivity index (χ0n) is 23.1. The van der Waals surface area contributed by atoms with Crippen LogP contribution in [-0.4, -0.2) is 69.3 Å². The summed E-state index contributed by atoms with van der Waals surface area (Å²) in [4.78, 5) is 48.4. The van der Waals surface area contributed by atoms with Crippen LogP contribution < -0.4 is 16.6 Å². The quantitative estimate of drug-likeness (QED) is 0.397. The molecule has 214 valence electrons. The Labute approximate surface area is 226 Å². The molecule has 1 aliphatic carbocycles. The largest absolute Gasteiger partial charge is 0.463 e. The first kappa shape index (κ1) is 28.6. The summed E-state index contributed by atoms with van der Waals surface area (Å²) in [7, 11) is 0. The van der Waals surface area contributed by atoms with Gasteiger partial charge in [-0.2, -0.15) is 4.98 Å². The topological polar surface area (TPSA) is 173 Å². The zero-order valence-corrected chi connectivity index (χ0v) is 23.1. The van der Waals surface area contributed by atoms with E-state index < -0.39 is 34.7 Å². The van der Waals surface area contributed by atoms with Gasteiger partial charge in [0.1, 0.15) is 24.6 Å². The Morgan fingerprint density at radius 2 is 2.10 bits per heavy atom. The molecule has 3 heterocycles. The number of nitrogens with one attached hydrogen (secondary N) is 2. The van der Waals surface area contributed by atoms with E-state index in [1.807, 2.05) is 13.8 Å². The monoisotopic (exact) mass is 546 g/mol. The minimum atomic E-state index is -0.887. The van der Waals surface area contributed by atoms with Gasteiger partial charge in [0.2, 0.25) is 5.95 Å². The number of nitrogens with zero attached hydrogens (tertiary/aromatic N) is 3. The van der Waals surface area contributed by atoms with E-state index >= 15 is 0 Å². The lowest BCUT2D eigenvalue weighted by molar-refractivity contribution is -0.175. The molecule has 0 spiro atoms. The fourth-order valence-electron chi connectivity index (χ4n) is 4.36.